The molecule has 0 rings (SSSR count). The molecule has 0 aromatic heterocycles. The van der Waals surface area contributed by atoms with Crippen molar-refractivity contribution < 1.29 is 53.6 Å². The van der Waals surface area contributed by atoms with Crippen LogP contribution in [0.25, 0.3) is 0 Å². The van der Waals surface area contributed by atoms with E-state index in [4.69, 9.17) is 29.9 Å². The zero-order valence-electron chi connectivity index (χ0n) is 15.0. The van der Waals surface area contributed by atoms with Gasteiger partial charge in [-0.15, -0.1) is 0 Å². The number of nitrogens with zero attached hydrogens (tertiary/aromatic N) is 1. The number of hydrogen-bond donors (Lipinski definition) is 5. The van der Waals surface area contributed by atoms with E-state index in [1.54, 1.807) is 0 Å². The molecular formula is C14H29N2O10+. The van der Waals surface area contributed by atoms with E-state index < -0.39 is 54.5 Å². The smallest absolute Gasteiger partial charge is 0.359 e. The molecule has 0 radical (unpaired) electrons. The van der Waals surface area contributed by atoms with Crippen LogP contribution < -0.4 is 6.15 Å². The van der Waals surface area contributed by atoms with Crippen LogP contribution in [-0.4, -0.2) is 101 Å². The van der Waals surface area contributed by atoms with Crippen LogP contribution in [0.3, 0.4) is 0 Å². The fourth-order valence-electron chi connectivity index (χ4n) is 1.89. The molecule has 12 heteroatoms. The normalized spacial score (nSPS) is 10.1. The Balaban J connectivity index is -0.000000498. The van der Waals surface area contributed by atoms with E-state index >= 15 is 0 Å². The topological polar surface area (TPSA) is 203 Å². The molecule has 154 valence electrons. The zero-order chi connectivity index (χ0) is 19.9. The Morgan fingerprint density at radius 3 is 1.04 bits per heavy atom. The Hall–Kier alpha value is -2.28. The summed E-state index contributed by atoms with van der Waals surface area (Å²) in [5.41, 5.74) is 0. The molecule has 0 aromatic rings. The van der Waals surface area contributed by atoms with Crippen LogP contribution in [0.4, 0.5) is 0 Å². The lowest BCUT2D eigenvalue weighted by molar-refractivity contribution is -0.900. The summed E-state index contributed by atoms with van der Waals surface area (Å²) >= 11 is 0. The van der Waals surface area contributed by atoms with Crippen LogP contribution in [-0.2, 0) is 28.7 Å². The second-order valence-electron chi connectivity index (χ2n) is 4.94. The fraction of sp³-hybridized carbons (Fsp3) is 0.714. The number of hydrogen-bond acceptors (Lipinski definition) is 7. The van der Waals surface area contributed by atoms with Gasteiger partial charge < -0.3 is 36.1 Å². The van der Waals surface area contributed by atoms with Gasteiger partial charge >= 0.3 is 23.9 Å². The van der Waals surface area contributed by atoms with E-state index in [1.807, 2.05) is 13.8 Å². The third-order valence-electron chi connectivity index (χ3n) is 2.66. The van der Waals surface area contributed by atoms with Gasteiger partial charge in [0.15, 0.2) is 26.2 Å². The molecule has 0 heterocycles. The van der Waals surface area contributed by atoms with E-state index in [-0.39, 0.29) is 6.15 Å². The van der Waals surface area contributed by atoms with Crippen molar-refractivity contribution in [2.75, 3.05) is 52.6 Å². The summed E-state index contributed by atoms with van der Waals surface area (Å²) in [5.74, 6) is -5.86. The van der Waals surface area contributed by atoms with Crippen molar-refractivity contribution in [3.05, 3.63) is 0 Å². The summed E-state index contributed by atoms with van der Waals surface area (Å²) in [5, 5.41) is 34.4. The van der Waals surface area contributed by atoms with Gasteiger partial charge in [-0.3, -0.25) is 4.48 Å². The Bertz CT molecular complexity index is 366. The number of carboxylic acid groups (broad SMARTS) is 4. The lowest BCUT2D eigenvalue weighted by atomic mass is 10.3. The number of aliphatic carboxylic acids is 4. The summed E-state index contributed by atoms with van der Waals surface area (Å²) < 4.78 is 8.95. The van der Waals surface area contributed by atoms with Gasteiger partial charge in [-0.05, 0) is 13.8 Å². The molecule has 0 bridgehead atoms. The summed E-state index contributed by atoms with van der Waals surface area (Å²) in [6, 6.07) is 0. The molecule has 26 heavy (non-hydrogen) atoms. The van der Waals surface area contributed by atoms with Gasteiger partial charge in [0.25, 0.3) is 0 Å². The minimum absolute atomic E-state index is 0. The molecule has 0 aliphatic heterocycles. The standard InChI is InChI=1S/C8H11NO8.C6H14O2.H3N/c10-5(11)1-9(2-6(12)13,3-7(14)15)4-8(16)17;1-3-7-5-6-8-4-2;/h1-4H2,(H3-,10,11,12,13,14,15,16,17);3-6H2,1-2H3;1H3/p+1. The molecule has 0 saturated carbocycles. The van der Waals surface area contributed by atoms with Crippen LogP contribution in [0.15, 0.2) is 0 Å². The van der Waals surface area contributed by atoms with Gasteiger partial charge in [-0.25, -0.2) is 19.2 Å². The molecule has 0 aromatic carbocycles. The Morgan fingerprint density at radius 1 is 0.654 bits per heavy atom. The molecule has 7 N–H and O–H groups in total. The largest absolute Gasteiger partial charge is 0.477 e. The fourth-order valence-corrected chi connectivity index (χ4v) is 1.89. The zero-order valence-corrected chi connectivity index (χ0v) is 15.0. The number of carboxylic acids is 4. The van der Waals surface area contributed by atoms with Crippen molar-refractivity contribution in [3.8, 4) is 0 Å². The summed E-state index contributed by atoms with van der Waals surface area (Å²) in [7, 11) is 0. The lowest BCUT2D eigenvalue weighted by Crippen LogP contribution is -2.58. The highest BCUT2D eigenvalue weighted by molar-refractivity contribution is 5.75. The average Bonchev–Trinajstić information content (AvgIpc) is 2.40. The molecule has 0 atom stereocenters. The van der Waals surface area contributed by atoms with Crippen molar-refractivity contribution in [3.63, 3.8) is 0 Å². The minimum Gasteiger partial charge on any atom is -0.477 e. The molecule has 0 amide bonds. The third-order valence-corrected chi connectivity index (χ3v) is 2.66. The SMILES string of the molecule is CCOCCOCC.N.O=C(O)C[N+](CC(=O)O)(CC(=O)O)CC(=O)O. The van der Waals surface area contributed by atoms with Crippen LogP contribution in [0.5, 0.6) is 0 Å². The highest BCUT2D eigenvalue weighted by atomic mass is 16.5. The van der Waals surface area contributed by atoms with Gasteiger partial charge in [0, 0.05) is 13.2 Å². The Labute approximate surface area is 151 Å². The van der Waals surface area contributed by atoms with Crippen molar-refractivity contribution in [2.45, 2.75) is 13.8 Å². The quantitative estimate of drug-likeness (QED) is 0.199. The summed E-state index contributed by atoms with van der Waals surface area (Å²) in [6.45, 7) is 3.44. The maximum atomic E-state index is 10.6. The Kier molecular flexibility index (Phi) is 17.8. The average molecular weight is 385 g/mol. The third kappa shape index (κ3) is 18.1. The molecule has 0 fully saturated rings. The monoisotopic (exact) mass is 385 g/mol. The van der Waals surface area contributed by atoms with Gasteiger partial charge in [0.05, 0.1) is 13.2 Å². The second-order valence-corrected chi connectivity index (χ2v) is 4.94. The van der Waals surface area contributed by atoms with Crippen molar-refractivity contribution in [1.29, 1.82) is 0 Å². The van der Waals surface area contributed by atoms with Crippen LogP contribution >= 0.6 is 0 Å². The van der Waals surface area contributed by atoms with E-state index in [2.05, 4.69) is 0 Å². The van der Waals surface area contributed by atoms with Crippen LogP contribution in [0.2, 0.25) is 0 Å². The van der Waals surface area contributed by atoms with Crippen LogP contribution in [0.1, 0.15) is 13.8 Å². The first-order valence-corrected chi connectivity index (χ1v) is 7.46. The predicted molar refractivity (Wildman–Crippen MR) is 88.3 cm³/mol. The van der Waals surface area contributed by atoms with E-state index in [0.717, 1.165) is 26.4 Å². The van der Waals surface area contributed by atoms with Gasteiger partial charge in [-0.2, -0.15) is 0 Å². The van der Waals surface area contributed by atoms with Gasteiger partial charge in [-0.1, -0.05) is 0 Å². The van der Waals surface area contributed by atoms with E-state index in [9.17, 15) is 19.2 Å². The Morgan fingerprint density at radius 2 is 0.885 bits per heavy atom. The van der Waals surface area contributed by atoms with Crippen molar-refractivity contribution >= 4 is 23.9 Å². The molecule has 0 spiro atoms. The first kappa shape index (κ1) is 28.5. The number of carbonyl (C=O) groups is 4. The van der Waals surface area contributed by atoms with Crippen LogP contribution in [0, 0.1) is 0 Å². The maximum absolute atomic E-state index is 10.6. The van der Waals surface area contributed by atoms with Crippen molar-refractivity contribution in [1.82, 2.24) is 6.15 Å². The summed E-state index contributed by atoms with van der Waals surface area (Å²) in [6.07, 6.45) is 0. The van der Waals surface area contributed by atoms with E-state index in [1.165, 1.54) is 0 Å². The first-order chi connectivity index (χ1) is 11.6. The molecule has 12 nitrogen and oxygen atoms in total. The van der Waals surface area contributed by atoms with E-state index in [0.29, 0.717) is 0 Å². The lowest BCUT2D eigenvalue weighted by Gasteiger charge is -2.32. The molecule has 0 unspecified atom stereocenters. The summed E-state index contributed by atoms with van der Waals surface area (Å²) in [4.78, 5) is 42.3. The molecule has 0 aliphatic rings. The number of ether oxygens (including phenoxy) is 2. The predicted octanol–water partition coefficient (Wildman–Crippen LogP) is -0.637. The second kappa shape index (κ2) is 16.2. The van der Waals surface area contributed by atoms with Crippen molar-refractivity contribution in [2.24, 2.45) is 0 Å². The number of rotatable bonds is 13. The van der Waals surface area contributed by atoms with Gasteiger partial charge in [0.1, 0.15) is 0 Å². The van der Waals surface area contributed by atoms with Gasteiger partial charge in [0.2, 0.25) is 0 Å². The molecule has 0 saturated heterocycles. The minimum atomic E-state index is -1.46. The number of quaternary nitrogens is 1. The first-order valence-electron chi connectivity index (χ1n) is 7.46. The highest BCUT2D eigenvalue weighted by Gasteiger charge is 2.38. The molecular weight excluding hydrogens is 356 g/mol. The maximum Gasteiger partial charge on any atom is 0.359 e. The molecule has 0 aliphatic carbocycles. The highest BCUT2D eigenvalue weighted by Crippen LogP contribution is 2.07.